The Morgan fingerprint density at radius 2 is 1.41 bits per heavy atom. The van der Waals surface area contributed by atoms with Gasteiger partial charge in [-0.1, -0.05) is 24.3 Å². The number of allylic oxidation sites excluding steroid dienone is 1. The fourth-order valence-electron chi connectivity index (χ4n) is 9.89. The van der Waals surface area contributed by atoms with Crippen molar-refractivity contribution in [2.24, 2.45) is 10.9 Å². The predicted molar refractivity (Wildman–Crippen MR) is 244 cm³/mol. The van der Waals surface area contributed by atoms with Gasteiger partial charge < -0.3 is 19.6 Å². The smallest absolute Gasteiger partial charge is 0.162 e. The molecule has 63 heavy (non-hydrogen) atoms. The SMILES string of the molecule is CC1=C(c2c(F)cc(F)cc2F)C(c2ccc(N3CCN(CC4CCN(c5ccc(C6=N[C@@H](C)c7nnc(C)n7-c7sc(C)c(C)c76)cc5)CC4)CC3)cc2)Oc2ccc(O)cc21. The molecule has 0 spiro atoms. The Morgan fingerprint density at radius 1 is 0.762 bits per heavy atom. The molecule has 6 heterocycles. The molecule has 2 aromatic heterocycles. The number of aromatic hydroxyl groups is 1. The molecule has 1 N–H and O–H groups in total. The number of hydrogen-bond donors (Lipinski definition) is 1. The number of phenolic OH excluding ortho intramolecular Hbond substituents is 1. The lowest BCUT2D eigenvalue weighted by Gasteiger charge is -2.40. The summed E-state index contributed by atoms with van der Waals surface area (Å²) >= 11 is 1.79. The number of aryl methyl sites for hydroxylation is 2. The molecular weight excluding hydrogens is 820 g/mol. The van der Waals surface area contributed by atoms with Crippen LogP contribution in [0.2, 0.25) is 0 Å². The van der Waals surface area contributed by atoms with Gasteiger partial charge in [-0.3, -0.25) is 14.5 Å². The fourth-order valence-corrected chi connectivity index (χ4v) is 11.1. The van der Waals surface area contributed by atoms with Crippen LogP contribution < -0.4 is 14.5 Å². The van der Waals surface area contributed by atoms with Gasteiger partial charge >= 0.3 is 0 Å². The number of rotatable bonds is 7. The van der Waals surface area contributed by atoms with E-state index in [1.54, 1.807) is 24.3 Å². The largest absolute Gasteiger partial charge is 0.508 e. The average Bonchev–Trinajstić information content (AvgIpc) is 3.77. The predicted octanol–water partition coefficient (Wildman–Crippen LogP) is 10.4. The molecule has 0 saturated carbocycles. The standard InChI is InChI=1S/C50H50F3N7O2S/c1-28-31(4)63-50-45(28)47(54-30(3)49-56-55-32(5)60(49)50)34-6-10-37(11-7-34)58-18-16-33(17-19-58)27-57-20-22-59(23-21-57)38-12-8-35(9-13-38)48-44(46-41(52)24-36(51)25-42(46)53)29(2)40-26-39(61)14-15-43(40)62-48/h6-15,24-26,30,33,48,61H,16-23,27H2,1-5H3/t30-,48?/m0/s1. The molecule has 0 bridgehead atoms. The quantitative estimate of drug-likeness (QED) is 0.171. The Morgan fingerprint density at radius 3 is 2.10 bits per heavy atom. The second-order valence-electron chi connectivity index (χ2n) is 17.4. The molecule has 1 unspecified atom stereocenters. The van der Waals surface area contributed by atoms with Crippen LogP contribution in [0.5, 0.6) is 11.5 Å². The molecule has 0 aliphatic carbocycles. The van der Waals surface area contributed by atoms with Crippen LogP contribution in [0.1, 0.15) is 88.7 Å². The zero-order valence-electron chi connectivity index (χ0n) is 36.1. The molecule has 2 atom stereocenters. The summed E-state index contributed by atoms with van der Waals surface area (Å²) in [6.45, 7) is 17.1. The third kappa shape index (κ3) is 7.48. The lowest BCUT2D eigenvalue weighted by atomic mass is 9.85. The monoisotopic (exact) mass is 869 g/mol. The maximum absolute atomic E-state index is 15.3. The third-order valence-corrected chi connectivity index (χ3v) is 14.7. The van der Waals surface area contributed by atoms with Gasteiger partial charge in [-0.15, -0.1) is 21.5 Å². The van der Waals surface area contributed by atoms with Crippen molar-refractivity contribution < 1.29 is 23.0 Å². The van der Waals surface area contributed by atoms with E-state index in [0.29, 0.717) is 40.5 Å². The maximum Gasteiger partial charge on any atom is 0.162 e. The molecule has 4 aliphatic rings. The van der Waals surface area contributed by atoms with Crippen molar-refractivity contribution in [2.75, 3.05) is 55.6 Å². The molecule has 2 fully saturated rings. The average molecular weight is 870 g/mol. The highest BCUT2D eigenvalue weighted by molar-refractivity contribution is 7.15. The van der Waals surface area contributed by atoms with E-state index in [4.69, 9.17) is 9.73 Å². The first kappa shape index (κ1) is 41.1. The number of phenols is 1. The number of aromatic nitrogens is 3. The number of thiophene rings is 1. The Hall–Kier alpha value is -5.92. The molecule has 0 amide bonds. The first-order chi connectivity index (χ1) is 30.4. The molecule has 4 aromatic carbocycles. The van der Waals surface area contributed by atoms with Crippen LogP contribution in [0, 0.1) is 44.1 Å². The number of anilines is 2. The molecule has 6 aromatic rings. The third-order valence-electron chi connectivity index (χ3n) is 13.5. The Labute approximate surface area is 369 Å². The number of piperazine rings is 1. The Balaban J connectivity index is 0.759. The lowest BCUT2D eigenvalue weighted by molar-refractivity contribution is 0.201. The molecule has 13 heteroatoms. The molecule has 10 rings (SSSR count). The minimum atomic E-state index is -1.01. The summed E-state index contributed by atoms with van der Waals surface area (Å²) in [6, 6.07) is 22.9. The first-order valence-corrected chi connectivity index (χ1v) is 22.6. The van der Waals surface area contributed by atoms with Crippen LogP contribution in [0.15, 0.2) is 83.9 Å². The summed E-state index contributed by atoms with van der Waals surface area (Å²) in [7, 11) is 0. The number of benzene rings is 4. The summed E-state index contributed by atoms with van der Waals surface area (Å²) in [5.74, 6) is -0.0998. The van der Waals surface area contributed by atoms with Gasteiger partial charge in [-0.25, -0.2) is 13.2 Å². The number of hydrogen-bond acceptors (Lipinski definition) is 9. The van der Waals surface area contributed by atoms with E-state index in [1.165, 1.54) is 33.8 Å². The number of halogens is 3. The summed E-state index contributed by atoms with van der Waals surface area (Å²) in [5, 5.41) is 20.2. The van der Waals surface area contributed by atoms with Crippen molar-refractivity contribution in [2.45, 2.75) is 59.6 Å². The van der Waals surface area contributed by atoms with Crippen molar-refractivity contribution in [3.8, 4) is 16.5 Å². The minimum absolute atomic E-state index is 0.00480. The Bertz CT molecular complexity index is 2760. The molecule has 0 radical (unpaired) electrons. The minimum Gasteiger partial charge on any atom is -0.508 e. The van der Waals surface area contributed by atoms with Gasteiger partial charge in [0.25, 0.3) is 0 Å². The van der Waals surface area contributed by atoms with E-state index in [-0.39, 0.29) is 22.9 Å². The summed E-state index contributed by atoms with van der Waals surface area (Å²) < 4.78 is 53.2. The van der Waals surface area contributed by atoms with E-state index in [1.807, 2.05) is 31.2 Å². The number of aliphatic imine (C=N–C) groups is 1. The van der Waals surface area contributed by atoms with Gasteiger partial charge in [0.05, 0.1) is 11.3 Å². The number of piperidine rings is 1. The fraction of sp³-hybridized carbons (Fsp3) is 0.340. The first-order valence-electron chi connectivity index (χ1n) is 21.8. The molecule has 324 valence electrons. The van der Waals surface area contributed by atoms with Crippen LogP contribution in [0.3, 0.4) is 0 Å². The number of nitrogens with zero attached hydrogens (tertiary/aromatic N) is 7. The van der Waals surface area contributed by atoms with Crippen molar-refractivity contribution in [1.82, 2.24) is 19.7 Å². The molecular formula is C50H50F3N7O2S. The van der Waals surface area contributed by atoms with Crippen LogP contribution in [-0.2, 0) is 0 Å². The van der Waals surface area contributed by atoms with Gasteiger partial charge in [0, 0.05) is 96.5 Å². The number of ether oxygens (including phenoxy) is 1. The van der Waals surface area contributed by atoms with Gasteiger partial charge in [0.2, 0.25) is 0 Å². The molecule has 4 aliphatic heterocycles. The normalized spacial score (nSPS) is 19.3. The van der Waals surface area contributed by atoms with E-state index >= 15 is 8.78 Å². The van der Waals surface area contributed by atoms with E-state index in [9.17, 15) is 9.50 Å². The maximum atomic E-state index is 15.3. The highest BCUT2D eigenvalue weighted by Gasteiger charge is 2.34. The van der Waals surface area contributed by atoms with Crippen LogP contribution >= 0.6 is 11.3 Å². The van der Waals surface area contributed by atoms with Gasteiger partial charge in [0.1, 0.15) is 51.9 Å². The molecule has 2 saturated heterocycles. The van der Waals surface area contributed by atoms with Crippen molar-refractivity contribution in [3.05, 3.63) is 146 Å². The van der Waals surface area contributed by atoms with E-state index in [0.717, 1.165) is 92.3 Å². The van der Waals surface area contributed by atoms with Crippen molar-refractivity contribution >= 4 is 39.6 Å². The second-order valence-corrected chi connectivity index (χ2v) is 18.6. The summed E-state index contributed by atoms with van der Waals surface area (Å²) in [5.41, 5.74) is 8.61. The van der Waals surface area contributed by atoms with E-state index < -0.39 is 23.6 Å². The highest BCUT2D eigenvalue weighted by atomic mass is 32.1. The lowest BCUT2D eigenvalue weighted by Crippen LogP contribution is -2.49. The van der Waals surface area contributed by atoms with Gasteiger partial charge in [-0.2, -0.15) is 0 Å². The summed E-state index contributed by atoms with van der Waals surface area (Å²) in [4.78, 5) is 14.0. The van der Waals surface area contributed by atoms with E-state index in [2.05, 4.69) is 74.5 Å². The summed E-state index contributed by atoms with van der Waals surface area (Å²) in [6.07, 6.45) is 1.45. The zero-order chi connectivity index (χ0) is 43.7. The van der Waals surface area contributed by atoms with Crippen LogP contribution in [0.25, 0.3) is 16.1 Å². The van der Waals surface area contributed by atoms with Crippen molar-refractivity contribution in [1.29, 1.82) is 0 Å². The highest BCUT2D eigenvalue weighted by Crippen LogP contribution is 2.49. The Kier molecular flexibility index (Phi) is 10.7. The topological polar surface area (TPSA) is 82.2 Å². The second kappa shape index (κ2) is 16.3. The van der Waals surface area contributed by atoms with Gasteiger partial charge in [0.15, 0.2) is 5.82 Å². The number of fused-ring (bicyclic) bond motifs is 4. The van der Waals surface area contributed by atoms with Crippen molar-refractivity contribution in [3.63, 3.8) is 0 Å². The zero-order valence-corrected chi connectivity index (χ0v) is 36.9. The van der Waals surface area contributed by atoms with Crippen LogP contribution in [-0.4, -0.2) is 76.3 Å². The molecule has 9 nitrogen and oxygen atoms in total. The van der Waals surface area contributed by atoms with Crippen LogP contribution in [0.4, 0.5) is 24.5 Å². The van der Waals surface area contributed by atoms with Gasteiger partial charge in [-0.05, 0) is 113 Å².